The first-order chi connectivity index (χ1) is 38.7. The van der Waals surface area contributed by atoms with Gasteiger partial charge in [-0.25, -0.2) is 0 Å². The summed E-state index contributed by atoms with van der Waals surface area (Å²) in [4.78, 5) is 0. The second-order valence-corrected chi connectivity index (χ2v) is 23.0. The van der Waals surface area contributed by atoms with Crippen molar-refractivity contribution >= 4 is 0 Å². The molecule has 0 unspecified atom stereocenters. The summed E-state index contributed by atoms with van der Waals surface area (Å²) in [7, 11) is 1.71. The molecule has 0 amide bonds. The lowest BCUT2D eigenvalue weighted by Crippen LogP contribution is -2.28. The van der Waals surface area contributed by atoms with Crippen LogP contribution in [0.1, 0.15) is 215 Å². The first-order valence-corrected chi connectivity index (χ1v) is 33.3. The highest BCUT2D eigenvalue weighted by Gasteiger charge is 1.96. The van der Waals surface area contributed by atoms with Crippen LogP contribution in [0.15, 0.2) is 0 Å². The third-order valence-electron chi connectivity index (χ3n) is 10.7. The van der Waals surface area contributed by atoms with Gasteiger partial charge in [-0.15, -0.1) is 0 Å². The van der Waals surface area contributed by atoms with Crippen LogP contribution in [-0.4, -0.2) is 205 Å². The maximum absolute atomic E-state index is 8.45. The zero-order chi connectivity index (χ0) is 63.3. The number of methoxy groups -OCH3 is 1. The van der Waals surface area contributed by atoms with Crippen molar-refractivity contribution in [3.63, 3.8) is 0 Å². The second kappa shape index (κ2) is 93.0. The normalized spacial score (nSPS) is 10.8. The molecule has 0 rings (SSSR count). The smallest absolute Gasteiger partial charge is 0.0587 e. The van der Waals surface area contributed by atoms with Crippen LogP contribution in [0.25, 0.3) is 0 Å². The number of hydrogen-bond donors (Lipinski definition) is 17. The molecule has 0 saturated heterocycles. The van der Waals surface area contributed by atoms with Gasteiger partial charge in [0, 0.05) is 81.7 Å². The van der Waals surface area contributed by atoms with Crippen LogP contribution in [0, 0.1) is 0 Å². The van der Waals surface area contributed by atoms with E-state index in [1.54, 1.807) is 7.11 Å². The molecule has 0 heterocycles. The molecular formula is C63H158N16O2. The van der Waals surface area contributed by atoms with Crippen LogP contribution in [0.2, 0.25) is 0 Å². The van der Waals surface area contributed by atoms with Crippen molar-refractivity contribution in [2.75, 3.05) is 151 Å². The van der Waals surface area contributed by atoms with E-state index in [2.05, 4.69) is 188 Å². The van der Waals surface area contributed by atoms with Gasteiger partial charge in [0.1, 0.15) is 0 Å². The quantitative estimate of drug-likeness (QED) is 0.0302. The molecule has 0 fully saturated rings. The Kier molecular flexibility index (Phi) is 111. The summed E-state index contributed by atoms with van der Waals surface area (Å²) in [5.41, 5.74) is 21.3. The van der Waals surface area contributed by atoms with Gasteiger partial charge in [-0.05, 0) is 195 Å². The highest BCUT2D eigenvalue weighted by molar-refractivity contribution is 4.59. The van der Waals surface area contributed by atoms with Crippen LogP contribution in [-0.2, 0) is 4.74 Å². The average molecular weight is 1170 g/mol. The van der Waals surface area contributed by atoms with E-state index in [1.165, 1.54) is 64.2 Å². The minimum absolute atomic E-state index is 0.335. The first-order valence-electron chi connectivity index (χ1n) is 33.3. The summed E-state index contributed by atoms with van der Waals surface area (Å²) in [5, 5.41) is 48.5. The third-order valence-corrected chi connectivity index (χ3v) is 10.7. The number of ether oxygens (including phenoxy) is 1. The first kappa shape index (κ1) is 96.6. The minimum Gasteiger partial charge on any atom is -0.396 e. The average Bonchev–Trinajstić information content (AvgIpc) is 3.40. The van der Waals surface area contributed by atoms with Crippen molar-refractivity contribution < 1.29 is 9.84 Å². The summed E-state index contributed by atoms with van der Waals surface area (Å²) in [6.45, 7) is 60.5. The summed E-state index contributed by atoms with van der Waals surface area (Å²) >= 11 is 0. The molecule has 0 atom stereocenters. The van der Waals surface area contributed by atoms with E-state index in [4.69, 9.17) is 32.8 Å². The molecule has 21 N–H and O–H groups in total. The van der Waals surface area contributed by atoms with E-state index in [0.717, 1.165) is 163 Å². The van der Waals surface area contributed by atoms with E-state index in [0.29, 0.717) is 54.9 Å². The molecule has 0 aromatic carbocycles. The number of aliphatic hydroxyl groups is 1. The van der Waals surface area contributed by atoms with E-state index >= 15 is 0 Å². The monoisotopic (exact) mass is 1170 g/mol. The van der Waals surface area contributed by atoms with Crippen LogP contribution in [0.3, 0.4) is 0 Å². The van der Waals surface area contributed by atoms with Crippen LogP contribution >= 0.6 is 0 Å². The molecule has 18 heteroatoms. The number of nitrogens with one attached hydrogen (secondary N) is 12. The lowest BCUT2D eigenvalue weighted by atomic mass is 10.2. The number of aliphatic hydroxyl groups excluding tert-OH is 1. The van der Waals surface area contributed by atoms with Gasteiger partial charge in [0.05, 0.1) is 6.61 Å². The van der Waals surface area contributed by atoms with Gasteiger partial charge in [-0.3, -0.25) is 0 Å². The Labute approximate surface area is 508 Å². The van der Waals surface area contributed by atoms with E-state index in [-0.39, 0.29) is 0 Å². The van der Waals surface area contributed by atoms with Gasteiger partial charge in [0.2, 0.25) is 0 Å². The molecule has 0 radical (unpaired) electrons. The zero-order valence-corrected chi connectivity index (χ0v) is 58.2. The molecule has 0 aliphatic rings. The number of hydrogen-bond acceptors (Lipinski definition) is 18. The Morgan fingerprint density at radius 3 is 0.790 bits per heavy atom. The SMILES string of the molecule is CC(C)NCCCCCN.CC(C)NCCCCCO.CC(C)NCCCNCCCN.CC(C)NCCCNCCCNCCCN.CC(C)NCCN.CCCNC(C)C.CCCNCCCNC(C)C.COCCNC(C)C. The van der Waals surface area contributed by atoms with Crippen molar-refractivity contribution in [3.05, 3.63) is 0 Å². The van der Waals surface area contributed by atoms with E-state index < -0.39 is 0 Å². The molecule has 0 aromatic heterocycles. The fourth-order valence-corrected chi connectivity index (χ4v) is 6.18. The number of unbranched alkanes of at least 4 members (excludes halogenated alkanes) is 4. The summed E-state index contributed by atoms with van der Waals surface area (Å²) in [5.74, 6) is 0. The van der Waals surface area contributed by atoms with Crippen molar-refractivity contribution in [3.8, 4) is 0 Å². The Morgan fingerprint density at radius 2 is 0.531 bits per heavy atom. The molecule has 0 spiro atoms. The lowest BCUT2D eigenvalue weighted by molar-refractivity contribution is 0.197. The minimum atomic E-state index is 0.335. The molecule has 0 aromatic rings. The number of rotatable bonds is 49. The zero-order valence-electron chi connectivity index (χ0n) is 58.2. The molecule has 18 nitrogen and oxygen atoms in total. The Balaban J connectivity index is -0.000000127. The molecular weight excluding hydrogens is 1010 g/mol. The van der Waals surface area contributed by atoms with Gasteiger partial charge in [0.15, 0.2) is 0 Å². The van der Waals surface area contributed by atoms with Gasteiger partial charge >= 0.3 is 0 Å². The predicted octanol–water partition coefficient (Wildman–Crippen LogP) is 6.21. The molecule has 0 saturated carbocycles. The van der Waals surface area contributed by atoms with Crippen LogP contribution in [0.5, 0.6) is 0 Å². The van der Waals surface area contributed by atoms with Gasteiger partial charge in [-0.1, -0.05) is 131 Å². The maximum atomic E-state index is 8.45. The standard InChI is InChI=1S/C12H30N4.C9H23N3.C9H22N2.C8H20N2.C8H19NO.C6H15NO.C6H15N.C5H14N2/c1-12(2)16-11-5-10-15-9-4-8-14-7-3-6-13;1-9(2)12-8-4-7-11-6-3-5-10;1-4-6-10-7-5-8-11-9(2)3;1-8(2)10-7-5-3-4-6-9;1-8(2)9-6-4-3-5-7-10;1-6(2)7-4-5-8-3;1-4-5-7-6(2)3;1-5(2)7-4-3-6/h12,14-16H,3-11,13H2,1-2H3;9,11-12H,3-8,10H2,1-2H3;9-11H,4-8H2,1-3H3;8,10H,3-7,9H2,1-2H3;8-10H,3-7H2,1-2H3;6-7H,4-5H2,1-3H3;6-7H,4-5H2,1-3H3;5,7H,3-4,6H2,1-2H3. The van der Waals surface area contributed by atoms with E-state index in [9.17, 15) is 0 Å². The maximum Gasteiger partial charge on any atom is 0.0587 e. The molecule has 0 bridgehead atoms. The van der Waals surface area contributed by atoms with Crippen molar-refractivity contribution in [2.24, 2.45) is 22.9 Å². The summed E-state index contributed by atoms with van der Waals surface area (Å²) < 4.78 is 4.83. The Bertz CT molecular complexity index is 929. The largest absolute Gasteiger partial charge is 0.396 e. The fourth-order valence-electron chi connectivity index (χ4n) is 6.18. The van der Waals surface area contributed by atoms with Gasteiger partial charge in [-0.2, -0.15) is 0 Å². The fraction of sp³-hybridized carbons (Fsp3) is 1.00. The molecule has 81 heavy (non-hydrogen) atoms. The lowest BCUT2D eigenvalue weighted by Gasteiger charge is -2.08. The van der Waals surface area contributed by atoms with Crippen molar-refractivity contribution in [1.29, 1.82) is 0 Å². The Morgan fingerprint density at radius 1 is 0.272 bits per heavy atom. The topological polar surface area (TPSA) is 278 Å². The summed E-state index contributed by atoms with van der Waals surface area (Å²) in [6, 6.07) is 4.85. The van der Waals surface area contributed by atoms with E-state index in [1.807, 2.05) is 0 Å². The van der Waals surface area contributed by atoms with Crippen molar-refractivity contribution in [1.82, 2.24) is 63.8 Å². The van der Waals surface area contributed by atoms with Crippen LogP contribution < -0.4 is 86.7 Å². The Hall–Kier alpha value is -0.720. The number of nitrogens with two attached hydrogens (primary N) is 4. The second-order valence-electron chi connectivity index (χ2n) is 23.0. The highest BCUT2D eigenvalue weighted by Crippen LogP contribution is 1.93. The third kappa shape index (κ3) is 149. The molecule has 502 valence electrons. The molecule has 0 aliphatic heterocycles. The van der Waals surface area contributed by atoms with Gasteiger partial charge < -0.3 is 96.6 Å². The summed E-state index contributed by atoms with van der Waals surface area (Å²) in [6.07, 6.45) is 16.4. The molecule has 0 aliphatic carbocycles. The highest BCUT2D eigenvalue weighted by atomic mass is 16.5. The predicted molar refractivity (Wildman–Crippen MR) is 368 cm³/mol. The van der Waals surface area contributed by atoms with Crippen LogP contribution in [0.4, 0.5) is 0 Å². The van der Waals surface area contributed by atoms with Crippen molar-refractivity contribution in [2.45, 2.75) is 263 Å². The van der Waals surface area contributed by atoms with Gasteiger partial charge in [0.25, 0.3) is 0 Å².